The van der Waals surface area contributed by atoms with Crippen molar-refractivity contribution in [1.82, 2.24) is 4.72 Å². The monoisotopic (exact) mass is 286 g/mol. The van der Waals surface area contributed by atoms with Gasteiger partial charge in [0, 0.05) is 0 Å². The van der Waals surface area contributed by atoms with Crippen LogP contribution in [0, 0.1) is 5.82 Å². The van der Waals surface area contributed by atoms with Gasteiger partial charge >= 0.3 is 0 Å². The summed E-state index contributed by atoms with van der Waals surface area (Å²) >= 11 is 0. The molecular weight excluding hydrogens is 271 g/mol. The number of sulfonamides is 1. The molecular formula is C12H15FN2O3S. The van der Waals surface area contributed by atoms with Crippen molar-refractivity contribution in [2.75, 3.05) is 7.05 Å². The number of benzene rings is 1. The van der Waals surface area contributed by atoms with Crippen molar-refractivity contribution >= 4 is 15.9 Å². The molecule has 5 nitrogen and oxygen atoms in total. The van der Waals surface area contributed by atoms with Gasteiger partial charge in [0.2, 0.25) is 15.9 Å². The first kappa shape index (κ1) is 14.0. The zero-order chi connectivity index (χ0) is 14.3. The van der Waals surface area contributed by atoms with E-state index in [9.17, 15) is 17.6 Å². The average Bonchev–Trinajstić information content (AvgIpc) is 2.26. The van der Waals surface area contributed by atoms with Gasteiger partial charge in [0.05, 0.1) is 5.41 Å². The van der Waals surface area contributed by atoms with Crippen molar-refractivity contribution < 1.29 is 17.6 Å². The predicted molar refractivity (Wildman–Crippen MR) is 67.4 cm³/mol. The number of primary amides is 1. The van der Waals surface area contributed by atoms with Crippen LogP contribution in [0.15, 0.2) is 23.1 Å². The first-order valence-corrected chi connectivity index (χ1v) is 7.35. The minimum Gasteiger partial charge on any atom is -0.369 e. The summed E-state index contributed by atoms with van der Waals surface area (Å²) in [5, 5.41) is 0. The fourth-order valence-corrected chi connectivity index (χ4v) is 3.12. The molecule has 0 bridgehead atoms. The molecule has 0 saturated heterocycles. The third-order valence-corrected chi connectivity index (χ3v) is 5.17. The van der Waals surface area contributed by atoms with Gasteiger partial charge in [-0.2, -0.15) is 0 Å². The molecule has 0 atom stereocenters. The quantitative estimate of drug-likeness (QED) is 0.851. The first-order valence-electron chi connectivity index (χ1n) is 5.87. The maximum atomic E-state index is 13.9. The van der Waals surface area contributed by atoms with Gasteiger partial charge in [0.25, 0.3) is 0 Å². The fraction of sp³-hybridized carbons (Fsp3) is 0.417. The standard InChI is InChI=1S/C12H15FN2O3S/c1-15-19(17,18)10-4-3-8(7-9(10)13)12(11(14)16)5-2-6-12/h3-4,7,15H,2,5-6H2,1H3,(H2,14,16). The Morgan fingerprint density at radius 2 is 2.05 bits per heavy atom. The van der Waals surface area contributed by atoms with Crippen LogP contribution >= 0.6 is 0 Å². The molecule has 0 aliphatic heterocycles. The van der Waals surface area contributed by atoms with E-state index >= 15 is 0 Å². The van der Waals surface area contributed by atoms with Crippen LogP contribution in [-0.2, 0) is 20.2 Å². The number of nitrogens with one attached hydrogen (secondary N) is 1. The highest BCUT2D eigenvalue weighted by molar-refractivity contribution is 7.89. The van der Waals surface area contributed by atoms with Crippen LogP contribution in [0.25, 0.3) is 0 Å². The summed E-state index contributed by atoms with van der Waals surface area (Å²) in [5.74, 6) is -1.37. The second kappa shape index (κ2) is 4.57. The van der Waals surface area contributed by atoms with E-state index in [0.29, 0.717) is 18.4 Å². The lowest BCUT2D eigenvalue weighted by Gasteiger charge is -2.39. The maximum absolute atomic E-state index is 13.9. The normalized spacial score (nSPS) is 17.8. The highest BCUT2D eigenvalue weighted by Gasteiger charge is 2.44. The van der Waals surface area contributed by atoms with Gasteiger partial charge in [-0.1, -0.05) is 12.5 Å². The molecule has 0 aromatic heterocycles. The van der Waals surface area contributed by atoms with Crippen LogP contribution in [-0.4, -0.2) is 21.4 Å². The van der Waals surface area contributed by atoms with E-state index in [1.807, 2.05) is 4.72 Å². The molecule has 0 spiro atoms. The SMILES string of the molecule is CNS(=O)(=O)c1ccc(C2(C(N)=O)CCC2)cc1F. The molecule has 1 aromatic rings. The molecule has 0 heterocycles. The van der Waals surface area contributed by atoms with Gasteiger partial charge in [-0.15, -0.1) is 0 Å². The average molecular weight is 286 g/mol. The minimum atomic E-state index is -3.84. The van der Waals surface area contributed by atoms with Crippen LogP contribution in [0.3, 0.4) is 0 Å². The third-order valence-electron chi connectivity index (χ3n) is 3.72. The van der Waals surface area contributed by atoms with E-state index in [0.717, 1.165) is 12.5 Å². The van der Waals surface area contributed by atoms with Crippen molar-refractivity contribution in [2.45, 2.75) is 29.6 Å². The van der Waals surface area contributed by atoms with Crippen molar-refractivity contribution in [1.29, 1.82) is 0 Å². The summed E-state index contributed by atoms with van der Waals surface area (Å²) in [5.41, 5.74) is 4.97. The molecule has 104 valence electrons. The van der Waals surface area contributed by atoms with Crippen LogP contribution in [0.1, 0.15) is 24.8 Å². The van der Waals surface area contributed by atoms with Crippen LogP contribution in [0.5, 0.6) is 0 Å². The Morgan fingerprint density at radius 3 is 2.42 bits per heavy atom. The second-order valence-corrected chi connectivity index (χ2v) is 6.51. The van der Waals surface area contributed by atoms with Gasteiger partial charge in [0.15, 0.2) is 0 Å². The molecule has 2 rings (SSSR count). The first-order chi connectivity index (χ1) is 8.83. The van der Waals surface area contributed by atoms with Gasteiger partial charge in [0.1, 0.15) is 10.7 Å². The Labute approximate surface area is 111 Å². The number of halogens is 1. The fourth-order valence-electron chi connectivity index (χ4n) is 2.33. The smallest absolute Gasteiger partial charge is 0.243 e. The van der Waals surface area contributed by atoms with Crippen LogP contribution < -0.4 is 10.5 Å². The summed E-state index contributed by atoms with van der Waals surface area (Å²) in [6.45, 7) is 0. The van der Waals surface area contributed by atoms with Crippen molar-refractivity contribution in [3.8, 4) is 0 Å². The van der Waals surface area contributed by atoms with Gasteiger partial charge < -0.3 is 5.73 Å². The van der Waals surface area contributed by atoms with E-state index in [2.05, 4.69) is 0 Å². The molecule has 19 heavy (non-hydrogen) atoms. The highest BCUT2D eigenvalue weighted by atomic mass is 32.2. The number of hydrogen-bond donors (Lipinski definition) is 2. The van der Waals surface area contributed by atoms with E-state index < -0.39 is 32.1 Å². The number of carbonyl (C=O) groups is 1. The zero-order valence-electron chi connectivity index (χ0n) is 10.4. The molecule has 7 heteroatoms. The molecule has 1 amide bonds. The number of carbonyl (C=O) groups excluding carboxylic acids is 1. The summed E-state index contributed by atoms with van der Waals surface area (Å²) < 4.78 is 39.1. The Kier molecular flexibility index (Phi) is 3.36. The van der Waals surface area contributed by atoms with Crippen LogP contribution in [0.4, 0.5) is 4.39 Å². The Balaban J connectivity index is 2.48. The van der Waals surface area contributed by atoms with Crippen molar-refractivity contribution in [2.24, 2.45) is 5.73 Å². The lowest BCUT2D eigenvalue weighted by molar-refractivity contribution is -0.126. The summed E-state index contributed by atoms with van der Waals surface area (Å²) in [6, 6.07) is 3.71. The number of amides is 1. The minimum absolute atomic E-state index is 0.433. The molecule has 1 saturated carbocycles. The molecule has 0 unspecified atom stereocenters. The summed E-state index contributed by atoms with van der Waals surface area (Å²) in [6.07, 6.45) is 1.99. The number of nitrogens with two attached hydrogens (primary N) is 1. The number of hydrogen-bond acceptors (Lipinski definition) is 3. The van der Waals surface area contributed by atoms with E-state index in [1.165, 1.54) is 19.2 Å². The van der Waals surface area contributed by atoms with Crippen molar-refractivity contribution in [3.63, 3.8) is 0 Å². The van der Waals surface area contributed by atoms with Gasteiger partial charge in [-0.25, -0.2) is 17.5 Å². The predicted octanol–water partition coefficient (Wildman–Crippen LogP) is 0.641. The van der Waals surface area contributed by atoms with E-state index in [4.69, 9.17) is 5.73 Å². The topological polar surface area (TPSA) is 89.3 Å². The number of rotatable bonds is 4. The van der Waals surface area contributed by atoms with Crippen LogP contribution in [0.2, 0.25) is 0 Å². The molecule has 1 aliphatic rings. The molecule has 3 N–H and O–H groups in total. The van der Waals surface area contributed by atoms with E-state index in [-0.39, 0.29) is 0 Å². The Morgan fingerprint density at radius 1 is 1.42 bits per heavy atom. The summed E-state index contributed by atoms with van der Waals surface area (Å²) in [4.78, 5) is 11.1. The summed E-state index contributed by atoms with van der Waals surface area (Å²) in [7, 11) is -2.63. The highest BCUT2D eigenvalue weighted by Crippen LogP contribution is 2.43. The molecule has 1 aromatic carbocycles. The Hall–Kier alpha value is -1.47. The molecule has 1 fully saturated rings. The third kappa shape index (κ3) is 2.12. The van der Waals surface area contributed by atoms with E-state index in [1.54, 1.807) is 0 Å². The van der Waals surface area contributed by atoms with Crippen molar-refractivity contribution in [3.05, 3.63) is 29.6 Å². The van der Waals surface area contributed by atoms with Gasteiger partial charge in [-0.05, 0) is 37.6 Å². The Bertz CT molecular complexity index is 624. The maximum Gasteiger partial charge on any atom is 0.243 e. The second-order valence-electron chi connectivity index (χ2n) is 4.65. The van der Waals surface area contributed by atoms with Gasteiger partial charge in [-0.3, -0.25) is 4.79 Å². The zero-order valence-corrected chi connectivity index (χ0v) is 11.3. The largest absolute Gasteiger partial charge is 0.369 e. The molecule has 0 radical (unpaired) electrons. The lowest BCUT2D eigenvalue weighted by Crippen LogP contribution is -2.46. The molecule has 1 aliphatic carbocycles. The lowest BCUT2D eigenvalue weighted by atomic mass is 9.64.